The third-order valence-corrected chi connectivity index (χ3v) is 22.6. The van der Waals surface area contributed by atoms with Crippen molar-refractivity contribution in [3.8, 4) is 0 Å². The van der Waals surface area contributed by atoms with E-state index in [0.717, 1.165) is 4.90 Å². The van der Waals surface area contributed by atoms with E-state index in [1.807, 2.05) is 6.07 Å². The van der Waals surface area contributed by atoms with Crippen molar-refractivity contribution < 1.29 is 112 Å². The van der Waals surface area contributed by atoms with E-state index in [4.69, 9.17) is 17.2 Å². The molecule has 0 spiro atoms. The summed E-state index contributed by atoms with van der Waals surface area (Å²) in [5.74, 6) is -19.3. The monoisotopic (exact) mass is 1810 g/mol. The van der Waals surface area contributed by atoms with E-state index in [2.05, 4.69) is 93.7 Å². The average Bonchev–Trinajstić information content (AvgIpc) is 1.66. The molecule has 4 aromatic heterocycles. The van der Waals surface area contributed by atoms with Gasteiger partial charge in [-0.25, -0.2) is 14.8 Å². The number of hydrogen-bond acceptors (Lipinski definition) is 25. The number of benzene rings is 2. The number of imidazole rings is 2. The summed E-state index contributed by atoms with van der Waals surface area (Å²) in [4.78, 5) is 273. The number of amides is 16. The minimum atomic E-state index is -1.91. The van der Waals surface area contributed by atoms with Crippen LogP contribution in [0, 0.1) is 5.92 Å². The Kier molecular flexibility index (Phi) is 36.8. The molecule has 704 valence electrons. The topological polar surface area (TPSA) is 729 Å². The Morgan fingerprint density at radius 1 is 0.462 bits per heavy atom. The number of unbranched alkanes of at least 4 members (excludes halogenated alkanes) is 1. The molecule has 130 heavy (non-hydrogen) atoms. The largest absolute Gasteiger partial charge is 0.481 e. The van der Waals surface area contributed by atoms with Crippen molar-refractivity contribution in [3.05, 3.63) is 108 Å². The molecule has 0 aliphatic carbocycles. The zero-order chi connectivity index (χ0) is 94.6. The van der Waals surface area contributed by atoms with Gasteiger partial charge in [0.05, 0.1) is 51.5 Å². The predicted octanol–water partition coefficient (Wildman–Crippen LogP) is -7.28. The summed E-state index contributed by atoms with van der Waals surface area (Å²) >= 11 is 0. The molecule has 15 atom stereocenters. The number of carboxylic acid groups (broad SMARTS) is 2. The zero-order valence-electron chi connectivity index (χ0n) is 71.8. The number of para-hydroxylation sites is 2. The van der Waals surface area contributed by atoms with Crippen molar-refractivity contribution in [2.24, 2.45) is 23.1 Å². The van der Waals surface area contributed by atoms with Gasteiger partial charge in [0, 0.05) is 110 Å². The molecule has 6 aromatic rings. The minimum absolute atomic E-state index is 0.00983. The van der Waals surface area contributed by atoms with Gasteiger partial charge in [-0.1, -0.05) is 50.2 Å². The highest BCUT2D eigenvalue weighted by Crippen LogP contribution is 2.27. The Hall–Kier alpha value is -13.8. The van der Waals surface area contributed by atoms with Gasteiger partial charge in [-0.2, -0.15) is 0 Å². The van der Waals surface area contributed by atoms with Gasteiger partial charge < -0.3 is 141 Å². The molecule has 3 aliphatic rings. The van der Waals surface area contributed by atoms with Crippen molar-refractivity contribution in [2.75, 3.05) is 52.5 Å². The number of rotatable bonds is 49. The second-order valence-corrected chi connectivity index (χ2v) is 32.4. The minimum Gasteiger partial charge on any atom is -0.481 e. The first kappa shape index (κ1) is 100.0. The SMILES string of the molecule is CC(C)[C@H](NC(=O)[C@H](CO)NC(=O)[C@H](CCCCN)NC(=O)[C@H](CCC(N)=O)NC(=O)[C@@H]1CCCN1C(=O)[C@H](Cc1c[nH]c2ccccc12)NC(=O)[C@H](C)NC(=O)[C@@H]1CCCN1C(=O)[C@@H](N)Cc1cnc[nH]1)C(=O)N[C@@H](Cc1c[nH]c2ccccc12)C(=O)N[C@@H](Cc1cnc[nH]1)C(=O)NCC(=O)N[C@@H](CO)C(=O)N[C@@H](CC(=O)O)C(=O)N1CCC[C@H]1C(=O)N[C@@H](CO)C(=O)O. The van der Waals surface area contributed by atoms with Gasteiger partial charge in [0.15, 0.2) is 0 Å². The van der Waals surface area contributed by atoms with Crippen LogP contribution in [0.15, 0.2) is 86.0 Å². The van der Waals surface area contributed by atoms with Crippen LogP contribution in [0.3, 0.4) is 0 Å². The summed E-state index contributed by atoms with van der Waals surface area (Å²) in [7, 11) is 0. The van der Waals surface area contributed by atoms with Gasteiger partial charge in [0.2, 0.25) is 94.5 Å². The van der Waals surface area contributed by atoms with Crippen LogP contribution < -0.4 is 81.0 Å². The molecule has 7 heterocycles. The van der Waals surface area contributed by atoms with Gasteiger partial charge >= 0.3 is 11.9 Å². The van der Waals surface area contributed by atoms with Crippen molar-refractivity contribution in [3.63, 3.8) is 0 Å². The molecular formula is C83H114N24O23. The number of H-pyrrole nitrogens is 4. The number of fused-ring (bicyclic) bond motifs is 2. The molecular weight excluding hydrogens is 1700 g/mol. The van der Waals surface area contributed by atoms with Crippen LogP contribution in [-0.2, 0) is 112 Å². The van der Waals surface area contributed by atoms with Gasteiger partial charge in [-0.15, -0.1) is 0 Å². The highest BCUT2D eigenvalue weighted by atomic mass is 16.4. The first-order chi connectivity index (χ1) is 62.1. The zero-order valence-corrected chi connectivity index (χ0v) is 71.8. The fourth-order valence-corrected chi connectivity index (χ4v) is 15.7. The lowest BCUT2D eigenvalue weighted by Gasteiger charge is -2.31. The summed E-state index contributed by atoms with van der Waals surface area (Å²) in [5.41, 5.74) is 21.0. The molecule has 3 aliphatic heterocycles. The maximum absolute atomic E-state index is 15.1. The maximum Gasteiger partial charge on any atom is 0.328 e. The van der Waals surface area contributed by atoms with Gasteiger partial charge in [-0.3, -0.25) is 81.5 Å². The van der Waals surface area contributed by atoms with Crippen LogP contribution in [0.5, 0.6) is 0 Å². The molecule has 47 heteroatoms. The van der Waals surface area contributed by atoms with E-state index in [9.17, 15) is 107 Å². The molecule has 2 aromatic carbocycles. The lowest BCUT2D eigenvalue weighted by molar-refractivity contribution is -0.147. The summed E-state index contributed by atoms with van der Waals surface area (Å²) < 4.78 is 0. The van der Waals surface area contributed by atoms with E-state index >= 15 is 4.79 Å². The van der Waals surface area contributed by atoms with Crippen molar-refractivity contribution in [1.82, 2.24) is 108 Å². The number of primary amides is 1. The van der Waals surface area contributed by atoms with E-state index < -0.39 is 249 Å². The number of carbonyl (C=O) groups is 18. The Morgan fingerprint density at radius 2 is 0.900 bits per heavy atom. The lowest BCUT2D eigenvalue weighted by atomic mass is 9.99. The summed E-state index contributed by atoms with van der Waals surface area (Å²) in [6, 6.07) is -8.63. The van der Waals surface area contributed by atoms with Crippen molar-refractivity contribution >= 4 is 128 Å². The van der Waals surface area contributed by atoms with Gasteiger partial charge in [0.1, 0.15) is 84.6 Å². The number of nitrogens with two attached hydrogens (primary N) is 3. The first-order valence-electron chi connectivity index (χ1n) is 42.7. The van der Waals surface area contributed by atoms with E-state index in [1.54, 1.807) is 54.9 Å². The molecule has 47 nitrogen and oxygen atoms in total. The molecule has 0 radical (unpaired) electrons. The average molecular weight is 1820 g/mol. The number of nitrogens with zero attached hydrogens (tertiary/aromatic N) is 5. The molecule has 27 N–H and O–H groups in total. The van der Waals surface area contributed by atoms with Gasteiger partial charge in [0.25, 0.3) is 0 Å². The van der Waals surface area contributed by atoms with Crippen LogP contribution in [-0.4, -0.2) is 320 Å². The Labute approximate surface area is 743 Å². The highest BCUT2D eigenvalue weighted by Gasteiger charge is 2.45. The predicted molar refractivity (Wildman–Crippen MR) is 458 cm³/mol. The third kappa shape index (κ3) is 27.4. The van der Waals surface area contributed by atoms with E-state index in [1.165, 1.54) is 55.6 Å². The van der Waals surface area contributed by atoms with Gasteiger partial charge in [-0.05, 0) is 107 Å². The number of likely N-dealkylation sites (tertiary alicyclic amines) is 3. The fourth-order valence-electron chi connectivity index (χ4n) is 15.7. The molecule has 3 fully saturated rings. The lowest BCUT2D eigenvalue weighted by Crippen LogP contribution is -2.62. The normalized spacial score (nSPS) is 17.6. The quantitative estimate of drug-likeness (QED) is 0.0158. The highest BCUT2D eigenvalue weighted by molar-refractivity contribution is 6.02. The van der Waals surface area contributed by atoms with Crippen LogP contribution >= 0.6 is 0 Å². The Balaban J connectivity index is 0.853. The summed E-state index contributed by atoms with van der Waals surface area (Å²) in [6.45, 7) is 0.416. The van der Waals surface area contributed by atoms with Crippen molar-refractivity contribution in [1.29, 1.82) is 0 Å². The number of aliphatic hydroxyl groups is 3. The van der Waals surface area contributed by atoms with E-state index in [0.29, 0.717) is 51.5 Å². The summed E-state index contributed by atoms with van der Waals surface area (Å²) in [5, 5.41) is 80.6. The number of hydrogen-bond donors (Lipinski definition) is 24. The van der Waals surface area contributed by atoms with Crippen LogP contribution in [0.2, 0.25) is 0 Å². The smallest absolute Gasteiger partial charge is 0.328 e. The second kappa shape index (κ2) is 47.8. The van der Waals surface area contributed by atoms with Crippen LogP contribution in [0.4, 0.5) is 0 Å². The molecule has 0 bridgehead atoms. The summed E-state index contributed by atoms with van der Waals surface area (Å²) in [6.07, 6.45) is 7.69. The van der Waals surface area contributed by atoms with Crippen molar-refractivity contribution in [2.45, 2.75) is 214 Å². The first-order valence-corrected chi connectivity index (χ1v) is 42.7. The Morgan fingerprint density at radius 3 is 1.42 bits per heavy atom. The number of carbonyl (C=O) groups excluding carboxylic acids is 16. The van der Waals surface area contributed by atoms with Crippen LogP contribution in [0.25, 0.3) is 21.8 Å². The number of aliphatic carboxylic acids is 2. The molecule has 9 rings (SSSR count). The molecule has 0 unspecified atom stereocenters. The molecule has 0 saturated carbocycles. The number of aromatic nitrogens is 6. The fraction of sp³-hybridized carbons (Fsp3) is 0.518. The number of aliphatic hydroxyl groups excluding tert-OH is 3. The Bertz CT molecular complexity index is 5020. The maximum atomic E-state index is 15.1. The molecule has 16 amide bonds. The van der Waals surface area contributed by atoms with Crippen LogP contribution in [0.1, 0.15) is 120 Å². The number of nitrogens with one attached hydrogen (secondary N) is 16. The number of carboxylic acids is 2. The standard InChI is InChI=1S/C83H114N24O23/c1-42(2)68(79(125)99-55(27-44-32-89-51-15-6-4-13-48(44)51)73(119)98-56(30-47-35-88-41-93-47)70(116)91-36-66(112)95-59(37-108)74(120)101-58(31-67(113)114)82(128)107-26-12-20-64(107)78(124)103-61(39-110)83(129)130)104-75(121)60(38-109)102-71(117)53(17-8-9-23-84)96-72(118)54(21-22-65(86)111)97-77(123)63-19-11-25-106(63)81(127)57(28-45-33-90-52-16-7-5-14-49(45)52)100-69(115)43(3)94-76(122)62-18-10-24-105(62)80(126)50(85)29-46-34-87-40-92-46/h4-7,13-16,32-35,40-43,50,53-64,68,89-90,108-110H,8-12,17-31,36-39,84-85H2,1-3H3,(H2,86,111)(H,87,92)(H,88,93)(H,91,116)(H,94,122)(H,95,112)(H,96,118)(H,97,123)(H,98,119)(H,99,125)(H,100,115)(H,101,120)(H,102,117)(H,103,124)(H,104,121)(H,113,114)(H,129,130)/t43-,50-,53-,54-,55-,56-,57-,58-,59-,60-,61-,62-,63-,64-,68-/m0/s1. The third-order valence-electron chi connectivity index (χ3n) is 22.6. The second-order valence-electron chi connectivity index (χ2n) is 32.4. The van der Waals surface area contributed by atoms with E-state index in [-0.39, 0.29) is 103 Å². The molecule has 3 saturated heterocycles. The number of aromatic amines is 4.